The van der Waals surface area contributed by atoms with Crippen molar-refractivity contribution in [2.75, 3.05) is 0 Å². The molecule has 9 heteroatoms. The first-order valence-corrected chi connectivity index (χ1v) is 6.27. The van der Waals surface area contributed by atoms with Crippen molar-refractivity contribution in [3.8, 4) is 0 Å². The van der Waals surface area contributed by atoms with Crippen molar-refractivity contribution in [2.24, 2.45) is 0 Å². The topological polar surface area (TPSA) is 65.1 Å². The Morgan fingerprint density at radius 2 is 1.82 bits per heavy atom. The Kier molecular flexibility index (Phi) is 4.23. The maximum Gasteiger partial charge on any atom is 0.417 e. The third-order valence-electron chi connectivity index (χ3n) is 2.87. The van der Waals surface area contributed by atoms with Gasteiger partial charge >= 0.3 is 6.18 Å². The molecule has 0 saturated carbocycles. The summed E-state index contributed by atoms with van der Waals surface area (Å²) in [5.74, 6) is 0. The number of hydrogen-bond donors (Lipinski definition) is 0. The minimum Gasteiger partial charge on any atom is -0.309 e. The second-order valence-corrected chi connectivity index (χ2v) is 4.84. The number of nitro benzene ring substituents is 1. The van der Waals surface area contributed by atoms with Crippen molar-refractivity contribution in [1.29, 1.82) is 0 Å². The van der Waals surface area contributed by atoms with Gasteiger partial charge in [0.05, 0.1) is 17.0 Å². The van der Waals surface area contributed by atoms with Crippen LogP contribution in [-0.2, 0) is 12.7 Å². The van der Waals surface area contributed by atoms with Gasteiger partial charge in [-0.05, 0) is 11.6 Å². The van der Waals surface area contributed by atoms with E-state index >= 15 is 0 Å². The van der Waals surface area contributed by atoms with Gasteiger partial charge in [-0.15, -0.1) is 0 Å². The molecule has 0 radical (unpaired) electrons. The number of benzene rings is 1. The van der Waals surface area contributed by atoms with Gasteiger partial charge in [0.2, 0.25) is 0 Å². The SMILES string of the molecule is O=c1c(Cl)cc(C(F)(F)F)cn1Cc1ccc([N+](=O)[O-])cc1. The van der Waals surface area contributed by atoms with Gasteiger partial charge in [0.1, 0.15) is 5.02 Å². The lowest BCUT2D eigenvalue weighted by Gasteiger charge is -2.11. The zero-order valence-corrected chi connectivity index (χ0v) is 11.6. The summed E-state index contributed by atoms with van der Waals surface area (Å²) in [6, 6.07) is 5.69. The third-order valence-corrected chi connectivity index (χ3v) is 3.14. The van der Waals surface area contributed by atoms with Gasteiger partial charge in [0.25, 0.3) is 11.2 Å². The summed E-state index contributed by atoms with van der Waals surface area (Å²) in [6.07, 6.45) is -3.97. The van der Waals surface area contributed by atoms with E-state index in [2.05, 4.69) is 0 Å². The zero-order chi connectivity index (χ0) is 16.5. The van der Waals surface area contributed by atoms with Gasteiger partial charge in [-0.2, -0.15) is 13.2 Å². The van der Waals surface area contributed by atoms with Crippen molar-refractivity contribution in [3.63, 3.8) is 0 Å². The van der Waals surface area contributed by atoms with E-state index in [1.807, 2.05) is 0 Å². The fraction of sp³-hybridized carbons (Fsp3) is 0.154. The Labute approximate surface area is 126 Å². The molecule has 0 aliphatic rings. The molecule has 1 aromatic heterocycles. The minimum atomic E-state index is -4.63. The maximum absolute atomic E-state index is 12.7. The van der Waals surface area contributed by atoms with Crippen molar-refractivity contribution in [1.82, 2.24) is 4.57 Å². The fourth-order valence-electron chi connectivity index (χ4n) is 1.79. The van der Waals surface area contributed by atoms with Gasteiger partial charge in [-0.1, -0.05) is 23.7 Å². The Bertz CT molecular complexity index is 770. The molecule has 5 nitrogen and oxygen atoms in total. The maximum atomic E-state index is 12.7. The summed E-state index contributed by atoms with van der Waals surface area (Å²) < 4.78 is 38.9. The first kappa shape index (κ1) is 16.0. The molecule has 1 heterocycles. The first-order chi connectivity index (χ1) is 10.2. The Morgan fingerprint density at radius 3 is 2.32 bits per heavy atom. The van der Waals surface area contributed by atoms with Gasteiger partial charge in [-0.25, -0.2) is 0 Å². The Hall–Kier alpha value is -2.35. The molecule has 0 aliphatic heterocycles. The lowest BCUT2D eigenvalue weighted by Crippen LogP contribution is -2.23. The summed E-state index contributed by atoms with van der Waals surface area (Å²) in [7, 11) is 0. The molecule has 2 aromatic rings. The van der Waals surface area contributed by atoms with Crippen LogP contribution in [0.5, 0.6) is 0 Å². The normalized spacial score (nSPS) is 11.5. The Balaban J connectivity index is 2.38. The lowest BCUT2D eigenvalue weighted by molar-refractivity contribution is -0.384. The molecule has 0 unspecified atom stereocenters. The largest absolute Gasteiger partial charge is 0.417 e. The van der Waals surface area contributed by atoms with E-state index < -0.39 is 27.2 Å². The molecule has 0 saturated heterocycles. The standard InChI is InChI=1S/C13H8ClF3N2O3/c14-11-5-9(13(15,16)17)7-18(12(11)20)6-8-1-3-10(4-2-8)19(21)22/h1-5,7H,6H2. The molecular weight excluding hydrogens is 325 g/mol. The highest BCUT2D eigenvalue weighted by atomic mass is 35.5. The van der Waals surface area contributed by atoms with Gasteiger partial charge in [0.15, 0.2) is 0 Å². The van der Waals surface area contributed by atoms with E-state index in [4.69, 9.17) is 11.6 Å². The highest BCUT2D eigenvalue weighted by molar-refractivity contribution is 6.30. The van der Waals surface area contributed by atoms with Crippen molar-refractivity contribution >= 4 is 17.3 Å². The number of halogens is 4. The van der Waals surface area contributed by atoms with E-state index in [9.17, 15) is 28.1 Å². The van der Waals surface area contributed by atoms with Gasteiger partial charge in [0, 0.05) is 18.3 Å². The number of hydrogen-bond acceptors (Lipinski definition) is 3. The van der Waals surface area contributed by atoms with E-state index in [-0.39, 0.29) is 12.2 Å². The average Bonchev–Trinajstić information content (AvgIpc) is 2.43. The van der Waals surface area contributed by atoms with Gasteiger partial charge < -0.3 is 4.57 Å². The molecule has 0 fully saturated rings. The summed E-state index contributed by atoms with van der Waals surface area (Å²) in [5.41, 5.74) is -1.53. The average molecular weight is 333 g/mol. The minimum absolute atomic E-state index is 0.154. The molecule has 1 aromatic carbocycles. The number of nitro groups is 1. The summed E-state index contributed by atoms with van der Waals surface area (Å²) in [6.45, 7) is -0.180. The van der Waals surface area contributed by atoms with Crippen LogP contribution in [0.3, 0.4) is 0 Å². The molecule has 0 atom stereocenters. The molecule has 0 spiro atoms. The van der Waals surface area contributed by atoms with Gasteiger partial charge in [-0.3, -0.25) is 14.9 Å². The second kappa shape index (κ2) is 5.80. The van der Waals surface area contributed by atoms with Crippen LogP contribution in [0.15, 0.2) is 41.3 Å². The highest BCUT2D eigenvalue weighted by Gasteiger charge is 2.32. The van der Waals surface area contributed by atoms with E-state index in [1.54, 1.807) is 0 Å². The summed E-state index contributed by atoms with van der Waals surface area (Å²) in [4.78, 5) is 21.7. The third kappa shape index (κ3) is 3.45. The van der Waals surface area contributed by atoms with E-state index in [1.165, 1.54) is 24.3 Å². The molecule has 22 heavy (non-hydrogen) atoms. The zero-order valence-electron chi connectivity index (χ0n) is 10.8. The predicted octanol–water partition coefficient (Wildman–Crippen LogP) is 3.48. The number of alkyl halides is 3. The molecule has 0 bridgehead atoms. The van der Waals surface area contributed by atoms with Crippen LogP contribution in [0.2, 0.25) is 5.02 Å². The molecule has 2 rings (SSSR count). The van der Waals surface area contributed by atoms with Crippen molar-refractivity contribution in [2.45, 2.75) is 12.7 Å². The number of aromatic nitrogens is 1. The van der Waals surface area contributed by atoms with Crippen LogP contribution in [0.4, 0.5) is 18.9 Å². The summed E-state index contributed by atoms with van der Waals surface area (Å²) in [5, 5.41) is 9.99. The molecule has 0 N–H and O–H groups in total. The smallest absolute Gasteiger partial charge is 0.309 e. The molecule has 0 amide bonds. The highest BCUT2D eigenvalue weighted by Crippen LogP contribution is 2.29. The second-order valence-electron chi connectivity index (χ2n) is 4.43. The van der Waals surface area contributed by atoms with Crippen LogP contribution < -0.4 is 5.56 Å². The molecule has 0 aliphatic carbocycles. The monoisotopic (exact) mass is 332 g/mol. The Morgan fingerprint density at radius 1 is 1.23 bits per heavy atom. The van der Waals surface area contributed by atoms with Crippen molar-refractivity contribution in [3.05, 3.63) is 73.1 Å². The number of nitrogens with zero attached hydrogens (tertiary/aromatic N) is 2. The van der Waals surface area contributed by atoms with Crippen LogP contribution in [0.1, 0.15) is 11.1 Å². The van der Waals surface area contributed by atoms with Crippen LogP contribution in [0, 0.1) is 10.1 Å². The molecule has 116 valence electrons. The van der Waals surface area contributed by atoms with Crippen LogP contribution >= 0.6 is 11.6 Å². The number of rotatable bonds is 3. The predicted molar refractivity (Wildman–Crippen MR) is 72.9 cm³/mol. The molecular formula is C13H8ClF3N2O3. The first-order valence-electron chi connectivity index (χ1n) is 5.89. The number of pyridine rings is 1. The fourth-order valence-corrected chi connectivity index (χ4v) is 2.02. The number of non-ortho nitro benzene ring substituents is 1. The van der Waals surface area contributed by atoms with E-state index in [0.717, 1.165) is 4.57 Å². The van der Waals surface area contributed by atoms with E-state index in [0.29, 0.717) is 17.8 Å². The van der Waals surface area contributed by atoms with Crippen molar-refractivity contribution < 1.29 is 18.1 Å². The van der Waals surface area contributed by atoms with Crippen LogP contribution in [0.25, 0.3) is 0 Å². The summed E-state index contributed by atoms with van der Waals surface area (Å²) >= 11 is 5.54. The lowest BCUT2D eigenvalue weighted by atomic mass is 10.2. The van der Waals surface area contributed by atoms with Crippen LogP contribution in [-0.4, -0.2) is 9.49 Å². The quantitative estimate of drug-likeness (QED) is 0.638.